The predicted octanol–water partition coefficient (Wildman–Crippen LogP) is 4.73. The Balaban J connectivity index is 2.49. The molecule has 0 radical (unpaired) electrons. The zero-order valence-corrected chi connectivity index (χ0v) is 11.4. The van der Waals surface area contributed by atoms with Gasteiger partial charge in [0, 0.05) is 0 Å². The van der Waals surface area contributed by atoms with Crippen molar-refractivity contribution in [2.75, 3.05) is 0 Å². The van der Waals surface area contributed by atoms with E-state index in [1.54, 1.807) is 16.7 Å². The summed E-state index contributed by atoms with van der Waals surface area (Å²) in [6.07, 6.45) is 3.82. The molecule has 1 aliphatic carbocycles. The van der Waals surface area contributed by atoms with Gasteiger partial charge >= 0.3 is 0 Å². The topological polar surface area (TPSA) is 0 Å². The van der Waals surface area contributed by atoms with Gasteiger partial charge in [0.1, 0.15) is 0 Å². The molecule has 0 amide bonds. The largest absolute Gasteiger partial charge is 0.0648 e. The first-order chi connectivity index (χ1) is 7.45. The highest BCUT2D eigenvalue weighted by Crippen LogP contribution is 2.40. The molecule has 1 unspecified atom stereocenters. The molecule has 0 nitrogen and oxygen atoms in total. The third-order valence-corrected chi connectivity index (χ3v) is 4.38. The van der Waals surface area contributed by atoms with E-state index in [1.807, 2.05) is 0 Å². The molecule has 1 aromatic rings. The van der Waals surface area contributed by atoms with E-state index in [9.17, 15) is 0 Å². The van der Waals surface area contributed by atoms with Crippen LogP contribution in [-0.4, -0.2) is 0 Å². The smallest absolute Gasteiger partial charge is 0.00976 e. The predicted molar refractivity (Wildman–Crippen MR) is 71.2 cm³/mol. The van der Waals surface area contributed by atoms with Crippen molar-refractivity contribution in [3.05, 3.63) is 34.4 Å². The van der Waals surface area contributed by atoms with Crippen molar-refractivity contribution >= 4 is 0 Å². The van der Waals surface area contributed by atoms with Gasteiger partial charge in [0.2, 0.25) is 0 Å². The van der Waals surface area contributed by atoms with Crippen LogP contribution in [0, 0.1) is 6.92 Å². The summed E-state index contributed by atoms with van der Waals surface area (Å²) in [5.74, 6) is 0.703. The Bertz CT molecular complexity index is 399. The van der Waals surface area contributed by atoms with E-state index in [1.165, 1.54) is 24.8 Å². The molecule has 0 heteroatoms. The van der Waals surface area contributed by atoms with Crippen LogP contribution in [-0.2, 0) is 11.8 Å². The van der Waals surface area contributed by atoms with Crippen LogP contribution >= 0.6 is 0 Å². The highest BCUT2D eigenvalue weighted by molar-refractivity contribution is 5.45. The van der Waals surface area contributed by atoms with Gasteiger partial charge in [-0.05, 0) is 59.8 Å². The molecule has 1 aromatic carbocycles. The van der Waals surface area contributed by atoms with Crippen molar-refractivity contribution < 1.29 is 0 Å². The van der Waals surface area contributed by atoms with Crippen LogP contribution in [0.4, 0.5) is 0 Å². The van der Waals surface area contributed by atoms with E-state index >= 15 is 0 Å². The third kappa shape index (κ3) is 1.79. The maximum atomic E-state index is 2.48. The van der Waals surface area contributed by atoms with Gasteiger partial charge in [0.25, 0.3) is 0 Å². The Morgan fingerprint density at radius 1 is 1.31 bits per heavy atom. The SMILES string of the molecule is CCC(C)c1cc2c(cc1C)C(C)(C)CC2. The molecule has 0 heterocycles. The number of rotatable bonds is 2. The molecule has 0 fully saturated rings. The Hall–Kier alpha value is -0.780. The minimum atomic E-state index is 0.397. The lowest BCUT2D eigenvalue weighted by Gasteiger charge is -2.21. The van der Waals surface area contributed by atoms with E-state index < -0.39 is 0 Å². The van der Waals surface area contributed by atoms with Crippen LogP contribution in [0.2, 0.25) is 0 Å². The van der Waals surface area contributed by atoms with Crippen molar-refractivity contribution in [2.45, 2.75) is 65.2 Å². The number of hydrogen-bond donors (Lipinski definition) is 0. The fourth-order valence-electron chi connectivity index (χ4n) is 2.94. The number of aryl methyl sites for hydroxylation is 2. The van der Waals surface area contributed by atoms with Crippen LogP contribution in [0.3, 0.4) is 0 Å². The van der Waals surface area contributed by atoms with Crippen molar-refractivity contribution in [3.63, 3.8) is 0 Å². The average molecular weight is 216 g/mol. The second-order valence-electron chi connectivity index (χ2n) is 6.06. The summed E-state index contributed by atoms with van der Waals surface area (Å²) in [4.78, 5) is 0. The summed E-state index contributed by atoms with van der Waals surface area (Å²) in [5, 5.41) is 0. The molecule has 0 aliphatic heterocycles. The molecular formula is C16H24. The molecule has 2 rings (SSSR count). The van der Waals surface area contributed by atoms with E-state index in [-0.39, 0.29) is 0 Å². The molecule has 1 atom stereocenters. The first kappa shape index (κ1) is 11.7. The van der Waals surface area contributed by atoms with E-state index in [0.29, 0.717) is 11.3 Å². The highest BCUT2D eigenvalue weighted by Gasteiger charge is 2.30. The van der Waals surface area contributed by atoms with Crippen LogP contribution in [0.25, 0.3) is 0 Å². The van der Waals surface area contributed by atoms with Gasteiger partial charge in [-0.1, -0.05) is 39.8 Å². The average Bonchev–Trinajstić information content (AvgIpc) is 2.53. The molecule has 16 heavy (non-hydrogen) atoms. The Kier molecular flexibility index (Phi) is 2.86. The second-order valence-corrected chi connectivity index (χ2v) is 6.06. The number of hydrogen-bond acceptors (Lipinski definition) is 0. The first-order valence-corrected chi connectivity index (χ1v) is 6.59. The summed E-state index contributed by atoms with van der Waals surface area (Å²) < 4.78 is 0. The summed E-state index contributed by atoms with van der Waals surface area (Å²) >= 11 is 0. The van der Waals surface area contributed by atoms with Gasteiger partial charge in [-0.25, -0.2) is 0 Å². The second kappa shape index (κ2) is 3.91. The molecule has 1 aliphatic rings. The minimum Gasteiger partial charge on any atom is -0.0648 e. The first-order valence-electron chi connectivity index (χ1n) is 6.59. The Morgan fingerprint density at radius 3 is 2.62 bits per heavy atom. The lowest BCUT2D eigenvalue weighted by Crippen LogP contribution is -2.12. The van der Waals surface area contributed by atoms with E-state index in [2.05, 4.69) is 46.8 Å². The zero-order valence-electron chi connectivity index (χ0n) is 11.4. The molecule has 0 N–H and O–H groups in total. The molecular weight excluding hydrogens is 192 g/mol. The van der Waals surface area contributed by atoms with Gasteiger partial charge in [-0.3, -0.25) is 0 Å². The Morgan fingerprint density at radius 2 is 2.00 bits per heavy atom. The maximum absolute atomic E-state index is 2.48. The van der Waals surface area contributed by atoms with E-state index in [4.69, 9.17) is 0 Å². The van der Waals surface area contributed by atoms with Crippen LogP contribution < -0.4 is 0 Å². The van der Waals surface area contributed by atoms with Crippen molar-refractivity contribution in [3.8, 4) is 0 Å². The monoisotopic (exact) mass is 216 g/mol. The van der Waals surface area contributed by atoms with Crippen molar-refractivity contribution in [1.29, 1.82) is 0 Å². The zero-order chi connectivity index (χ0) is 11.9. The van der Waals surface area contributed by atoms with Crippen LogP contribution in [0.15, 0.2) is 12.1 Å². The normalized spacial score (nSPS) is 19.6. The molecule has 0 spiro atoms. The molecule has 0 bridgehead atoms. The maximum Gasteiger partial charge on any atom is -0.00976 e. The lowest BCUT2D eigenvalue weighted by atomic mass is 9.83. The third-order valence-electron chi connectivity index (χ3n) is 4.38. The Labute approximate surface area is 100 Å². The summed E-state index contributed by atoms with van der Waals surface area (Å²) in [7, 11) is 0. The fraction of sp³-hybridized carbons (Fsp3) is 0.625. The van der Waals surface area contributed by atoms with Crippen LogP contribution in [0.1, 0.15) is 68.7 Å². The van der Waals surface area contributed by atoms with Gasteiger partial charge in [0.05, 0.1) is 0 Å². The molecule has 0 saturated carbocycles. The minimum absolute atomic E-state index is 0.397. The summed E-state index contributed by atoms with van der Waals surface area (Å²) in [5.41, 5.74) is 6.65. The number of fused-ring (bicyclic) bond motifs is 1. The quantitative estimate of drug-likeness (QED) is 0.670. The van der Waals surface area contributed by atoms with Gasteiger partial charge in [-0.15, -0.1) is 0 Å². The van der Waals surface area contributed by atoms with Crippen molar-refractivity contribution in [1.82, 2.24) is 0 Å². The van der Waals surface area contributed by atoms with Gasteiger partial charge in [0.15, 0.2) is 0 Å². The highest BCUT2D eigenvalue weighted by atomic mass is 14.3. The fourth-order valence-corrected chi connectivity index (χ4v) is 2.94. The summed E-state index contributed by atoms with van der Waals surface area (Å²) in [6.45, 7) is 11.6. The van der Waals surface area contributed by atoms with Crippen molar-refractivity contribution in [2.24, 2.45) is 0 Å². The van der Waals surface area contributed by atoms with Crippen LogP contribution in [0.5, 0.6) is 0 Å². The van der Waals surface area contributed by atoms with Gasteiger partial charge < -0.3 is 0 Å². The van der Waals surface area contributed by atoms with Gasteiger partial charge in [-0.2, -0.15) is 0 Å². The summed E-state index contributed by atoms with van der Waals surface area (Å²) in [6, 6.07) is 4.93. The standard InChI is InChI=1S/C16H24/c1-6-11(2)14-10-13-7-8-16(4,5)15(13)9-12(14)3/h9-11H,6-8H2,1-5H3. The molecule has 88 valence electrons. The lowest BCUT2D eigenvalue weighted by molar-refractivity contribution is 0.522. The molecule has 0 saturated heterocycles. The molecule has 0 aromatic heterocycles. The van der Waals surface area contributed by atoms with E-state index in [0.717, 1.165) is 0 Å². The number of benzene rings is 1.